The zero-order chi connectivity index (χ0) is 23.6. The van der Waals surface area contributed by atoms with E-state index in [2.05, 4.69) is 39.5 Å². The zero-order valence-electron chi connectivity index (χ0n) is 20.1. The van der Waals surface area contributed by atoms with Gasteiger partial charge in [0, 0.05) is 34.1 Å². The Kier molecular flexibility index (Phi) is 8.50. The Balaban J connectivity index is 2.09. The average Bonchev–Trinajstić information content (AvgIpc) is 2.90. The summed E-state index contributed by atoms with van der Waals surface area (Å²) >= 11 is 2.31. The van der Waals surface area contributed by atoms with E-state index in [9.17, 15) is 9.35 Å². The fourth-order valence-electron chi connectivity index (χ4n) is 3.81. The van der Waals surface area contributed by atoms with Gasteiger partial charge >= 0.3 is 6.09 Å². The molecule has 1 amide bonds. The van der Waals surface area contributed by atoms with Gasteiger partial charge in [0.2, 0.25) is 0 Å². The van der Waals surface area contributed by atoms with Gasteiger partial charge in [-0.3, -0.25) is 4.98 Å². The van der Waals surface area contributed by atoms with Crippen LogP contribution < -0.4 is 4.72 Å². The summed E-state index contributed by atoms with van der Waals surface area (Å²) in [7, 11) is 0. The summed E-state index contributed by atoms with van der Waals surface area (Å²) in [4.78, 5) is 19.1. The molecule has 0 bridgehead atoms. The van der Waals surface area contributed by atoms with Crippen LogP contribution in [-0.4, -0.2) is 43.0 Å². The number of carbonyl (C=O) groups is 1. The van der Waals surface area contributed by atoms with Crippen LogP contribution in [0.2, 0.25) is 0 Å². The highest BCUT2D eigenvalue weighted by atomic mass is 79.9. The molecule has 1 aliphatic rings. The number of aromatic nitrogens is 1. The molecule has 1 N–H and O–H groups in total. The first-order valence-electron chi connectivity index (χ1n) is 10.9. The minimum Gasteiger partial charge on any atom is -0.598 e. The van der Waals surface area contributed by atoms with Gasteiger partial charge < -0.3 is 14.2 Å². The van der Waals surface area contributed by atoms with Gasteiger partial charge in [0.25, 0.3) is 0 Å². The maximum atomic E-state index is 12.8. The molecule has 0 spiro atoms. The third kappa shape index (κ3) is 7.91. The highest BCUT2D eigenvalue weighted by molar-refractivity contribution is 9.10. The van der Waals surface area contributed by atoms with Crippen molar-refractivity contribution in [1.82, 2.24) is 14.6 Å². The number of likely N-dealkylation sites (tertiary alicyclic amines) is 1. The number of carbonyl (C=O) groups excluding carboxylic acids is 1. The summed E-state index contributed by atoms with van der Waals surface area (Å²) in [5.41, 5.74) is 0.107. The molecule has 1 aliphatic heterocycles. The lowest BCUT2D eigenvalue weighted by atomic mass is 9.91. The highest BCUT2D eigenvalue weighted by Crippen LogP contribution is 2.37. The highest BCUT2D eigenvalue weighted by Gasteiger charge is 2.43. The molecule has 2 rings (SSSR count). The van der Waals surface area contributed by atoms with E-state index in [4.69, 9.17) is 4.74 Å². The van der Waals surface area contributed by atoms with Crippen LogP contribution in [-0.2, 0) is 16.1 Å². The van der Waals surface area contributed by atoms with Gasteiger partial charge in [0.15, 0.2) is 0 Å². The molecular weight excluding hydrogens is 478 g/mol. The monoisotopic (exact) mass is 515 g/mol. The predicted molar refractivity (Wildman–Crippen MR) is 130 cm³/mol. The maximum absolute atomic E-state index is 12.8. The molecule has 1 saturated heterocycles. The van der Waals surface area contributed by atoms with Crippen LogP contribution in [0.3, 0.4) is 0 Å². The lowest BCUT2D eigenvalue weighted by molar-refractivity contribution is 0.0131. The molecule has 3 atom stereocenters. The number of nitrogens with one attached hydrogen (secondary N) is 1. The zero-order valence-corrected chi connectivity index (χ0v) is 22.5. The van der Waals surface area contributed by atoms with E-state index >= 15 is 0 Å². The van der Waals surface area contributed by atoms with Gasteiger partial charge in [-0.2, -0.15) is 0 Å². The summed E-state index contributed by atoms with van der Waals surface area (Å²) in [5.74, 6) is 0.349. The number of hydrogen-bond acceptors (Lipinski definition) is 5. The van der Waals surface area contributed by atoms with E-state index < -0.39 is 17.0 Å². The maximum Gasteiger partial charge on any atom is 0.410 e. The molecule has 1 aromatic heterocycles. The lowest BCUT2D eigenvalue weighted by Gasteiger charge is -2.33. The van der Waals surface area contributed by atoms with E-state index in [0.717, 1.165) is 29.4 Å². The summed E-state index contributed by atoms with van der Waals surface area (Å²) in [6, 6.07) is 3.74. The van der Waals surface area contributed by atoms with Crippen LogP contribution in [0, 0.1) is 5.92 Å². The topological polar surface area (TPSA) is 77.5 Å². The van der Waals surface area contributed by atoms with Crippen LogP contribution in [0.25, 0.3) is 0 Å². The minimum atomic E-state index is -1.21. The first-order chi connectivity index (χ1) is 14.1. The normalized spacial score (nSPS) is 21.1. The van der Waals surface area contributed by atoms with Gasteiger partial charge in [-0.15, -0.1) is 4.72 Å². The predicted octanol–water partition coefficient (Wildman–Crippen LogP) is 5.75. The Morgan fingerprint density at radius 3 is 2.58 bits per heavy atom. The van der Waals surface area contributed by atoms with E-state index in [1.54, 1.807) is 6.20 Å². The number of nitrogens with zero attached hydrogens (tertiary/aromatic N) is 2. The molecule has 176 valence electrons. The smallest absolute Gasteiger partial charge is 0.410 e. The average molecular weight is 517 g/mol. The van der Waals surface area contributed by atoms with Crippen molar-refractivity contribution in [2.75, 3.05) is 6.54 Å². The second-order valence-electron chi connectivity index (χ2n) is 11.0. The number of pyridine rings is 1. The Hall–Kier alpha value is -0.830. The fourth-order valence-corrected chi connectivity index (χ4v) is 5.01. The molecule has 0 aromatic carbocycles. The molecule has 8 heteroatoms. The quantitative estimate of drug-likeness (QED) is 0.487. The molecule has 0 radical (unpaired) electrons. The van der Waals surface area contributed by atoms with Crippen molar-refractivity contribution in [2.24, 2.45) is 5.92 Å². The molecule has 0 aliphatic carbocycles. The van der Waals surface area contributed by atoms with E-state index in [1.807, 2.05) is 58.6 Å². The van der Waals surface area contributed by atoms with Gasteiger partial charge in [-0.1, -0.05) is 15.9 Å². The van der Waals surface area contributed by atoms with Crippen molar-refractivity contribution in [1.29, 1.82) is 0 Å². The minimum absolute atomic E-state index is 0.128. The Morgan fingerprint density at radius 1 is 1.39 bits per heavy atom. The molecule has 0 saturated carbocycles. The first kappa shape index (κ1) is 26.4. The van der Waals surface area contributed by atoms with Crippen LogP contribution in [0.1, 0.15) is 86.4 Å². The second kappa shape index (κ2) is 9.98. The Morgan fingerprint density at radius 2 is 2.03 bits per heavy atom. The third-order valence-electron chi connectivity index (χ3n) is 5.34. The van der Waals surface area contributed by atoms with Crippen molar-refractivity contribution < 1.29 is 14.1 Å². The van der Waals surface area contributed by atoms with Crippen LogP contribution in [0.5, 0.6) is 0 Å². The van der Waals surface area contributed by atoms with Crippen molar-refractivity contribution in [2.45, 2.75) is 96.6 Å². The molecule has 31 heavy (non-hydrogen) atoms. The number of rotatable bonds is 6. The van der Waals surface area contributed by atoms with Crippen molar-refractivity contribution >= 4 is 33.4 Å². The standard InChI is InChI=1S/C23H38BrN3O3S/c1-21(2,3)30-20(28)27-15-16(14-23(27,7)8)9-10-18(26-31(29)22(4,5)6)19-13-17(24)11-12-25-19/h11-13,16,18,26H,9-10,14-15H2,1-8H3. The molecule has 6 nitrogen and oxygen atoms in total. The molecular formula is C23H38BrN3O3S. The van der Waals surface area contributed by atoms with Gasteiger partial charge in [0.1, 0.15) is 10.3 Å². The van der Waals surface area contributed by atoms with E-state index in [1.165, 1.54) is 0 Å². The summed E-state index contributed by atoms with van der Waals surface area (Å²) in [5, 5.41) is 0. The Bertz CT molecular complexity index is 761. The summed E-state index contributed by atoms with van der Waals surface area (Å²) in [6.45, 7) is 16.4. The lowest BCUT2D eigenvalue weighted by Crippen LogP contribution is -2.45. The third-order valence-corrected chi connectivity index (χ3v) is 7.45. The molecule has 2 heterocycles. The number of halogens is 1. The van der Waals surface area contributed by atoms with Gasteiger partial charge in [-0.05, 0) is 92.7 Å². The van der Waals surface area contributed by atoms with E-state index in [-0.39, 0.29) is 22.4 Å². The molecule has 1 fully saturated rings. The summed E-state index contributed by atoms with van der Waals surface area (Å²) < 4.78 is 22.3. The van der Waals surface area contributed by atoms with Crippen LogP contribution in [0.15, 0.2) is 22.8 Å². The number of amides is 1. The van der Waals surface area contributed by atoms with Crippen molar-refractivity contribution in [3.8, 4) is 0 Å². The molecule has 1 aromatic rings. The Labute approximate surface area is 199 Å². The number of ether oxygens (including phenoxy) is 1. The number of hydrogen-bond donors (Lipinski definition) is 1. The van der Waals surface area contributed by atoms with Gasteiger partial charge in [0.05, 0.1) is 11.7 Å². The van der Waals surface area contributed by atoms with Crippen LogP contribution >= 0.6 is 15.9 Å². The largest absolute Gasteiger partial charge is 0.598 e. The molecule has 3 unspecified atom stereocenters. The SMILES string of the molecule is CC(C)(C)OC(=O)N1CC(CCC(N[S+]([O-])C(C)(C)C)c2cc(Br)ccn2)CC1(C)C. The van der Waals surface area contributed by atoms with Crippen molar-refractivity contribution in [3.63, 3.8) is 0 Å². The van der Waals surface area contributed by atoms with Gasteiger partial charge in [-0.25, -0.2) is 4.79 Å². The van der Waals surface area contributed by atoms with E-state index in [0.29, 0.717) is 12.5 Å². The summed E-state index contributed by atoms with van der Waals surface area (Å²) in [6.07, 6.45) is 4.10. The second-order valence-corrected chi connectivity index (χ2v) is 13.9. The fraction of sp³-hybridized carbons (Fsp3) is 0.739. The first-order valence-corrected chi connectivity index (χ1v) is 12.8. The van der Waals surface area contributed by atoms with Crippen LogP contribution in [0.4, 0.5) is 4.79 Å². The van der Waals surface area contributed by atoms with Crippen molar-refractivity contribution in [3.05, 3.63) is 28.5 Å².